The van der Waals surface area contributed by atoms with E-state index in [9.17, 15) is 22.2 Å². The first-order valence-electron chi connectivity index (χ1n) is 9.86. The van der Waals surface area contributed by atoms with Crippen LogP contribution in [0.15, 0.2) is 75.7 Å². The van der Waals surface area contributed by atoms with Crippen molar-refractivity contribution in [2.24, 2.45) is 0 Å². The second-order valence-corrected chi connectivity index (χ2v) is 9.41. The average Bonchev–Trinajstić information content (AvgIpc) is 3.31. The quantitative estimate of drug-likeness (QED) is 0.500. The molecule has 176 valence electrons. The van der Waals surface area contributed by atoms with E-state index in [1.807, 2.05) is 0 Å². The molecule has 0 aliphatic carbocycles. The molecule has 4 rings (SSSR count). The van der Waals surface area contributed by atoms with Gasteiger partial charge in [-0.2, -0.15) is 8.78 Å². The van der Waals surface area contributed by atoms with Crippen molar-refractivity contribution in [3.8, 4) is 11.5 Å². The standard InChI is InChI=1S/C22H18F3N5O3S/c1-14-12-29(9-10-34(14,26)32)22(31)30(17-5-3-2-4-6-17)13-16-8-7-15(11-18(16)23)20-27-28-21(33-20)19(24)25/h2-12,19,26H,13H2,1H3. The smallest absolute Gasteiger partial charge is 0.332 e. The van der Waals surface area contributed by atoms with Crippen LogP contribution in [-0.2, 0) is 16.3 Å². The number of amides is 2. The number of hydrogen-bond donors (Lipinski definition) is 1. The van der Waals surface area contributed by atoms with Gasteiger partial charge < -0.3 is 4.42 Å². The number of rotatable bonds is 5. The van der Waals surface area contributed by atoms with Crippen LogP contribution >= 0.6 is 0 Å². The summed E-state index contributed by atoms with van der Waals surface area (Å²) in [6.45, 7) is 1.32. The van der Waals surface area contributed by atoms with Crippen molar-refractivity contribution < 1.29 is 26.6 Å². The summed E-state index contributed by atoms with van der Waals surface area (Å²) in [5.74, 6) is -1.83. The number of carbonyl (C=O) groups is 1. The van der Waals surface area contributed by atoms with Gasteiger partial charge >= 0.3 is 12.5 Å². The second-order valence-electron chi connectivity index (χ2n) is 7.29. The predicted octanol–water partition coefficient (Wildman–Crippen LogP) is 5.63. The molecule has 8 nitrogen and oxygen atoms in total. The van der Waals surface area contributed by atoms with Gasteiger partial charge in [0.25, 0.3) is 5.89 Å². The number of nitrogens with one attached hydrogen (secondary N) is 1. The molecule has 3 aromatic rings. The molecule has 1 atom stereocenters. The van der Waals surface area contributed by atoms with Crippen LogP contribution in [-0.4, -0.2) is 25.3 Å². The highest BCUT2D eigenvalue weighted by Crippen LogP contribution is 2.27. The molecule has 2 aromatic carbocycles. The number of anilines is 1. The summed E-state index contributed by atoms with van der Waals surface area (Å²) in [7, 11) is -3.08. The lowest BCUT2D eigenvalue weighted by Crippen LogP contribution is -2.39. The fraction of sp³-hybridized carbons (Fsp3) is 0.136. The minimum atomic E-state index is -3.08. The lowest BCUT2D eigenvalue weighted by Gasteiger charge is -2.29. The van der Waals surface area contributed by atoms with Gasteiger partial charge in [-0.3, -0.25) is 9.80 Å². The Morgan fingerprint density at radius 3 is 2.56 bits per heavy atom. The molecule has 0 spiro atoms. The van der Waals surface area contributed by atoms with Gasteiger partial charge in [-0.1, -0.05) is 24.3 Å². The molecule has 2 heterocycles. The molecular weight excluding hydrogens is 471 g/mol. The van der Waals surface area contributed by atoms with Crippen LogP contribution in [0.1, 0.15) is 24.8 Å². The Labute approximate surface area is 193 Å². The number of hydrogen-bond acceptors (Lipinski definition) is 6. The molecule has 34 heavy (non-hydrogen) atoms. The molecule has 0 bridgehead atoms. The molecule has 0 saturated heterocycles. The predicted molar refractivity (Wildman–Crippen MR) is 118 cm³/mol. The summed E-state index contributed by atoms with van der Waals surface area (Å²) < 4.78 is 65.1. The minimum absolute atomic E-state index is 0.112. The summed E-state index contributed by atoms with van der Waals surface area (Å²) in [5, 5.41) is 7.87. The minimum Gasteiger partial charge on any atom is -0.415 e. The highest BCUT2D eigenvalue weighted by atomic mass is 32.2. The Morgan fingerprint density at radius 2 is 1.94 bits per heavy atom. The van der Waals surface area contributed by atoms with Gasteiger partial charge in [0.05, 0.1) is 16.3 Å². The fourth-order valence-corrected chi connectivity index (χ4v) is 3.92. The van der Waals surface area contributed by atoms with Gasteiger partial charge in [-0.25, -0.2) is 18.2 Å². The Kier molecular flexibility index (Phi) is 6.24. The van der Waals surface area contributed by atoms with E-state index < -0.39 is 33.9 Å². The largest absolute Gasteiger partial charge is 0.415 e. The number of benzene rings is 2. The van der Waals surface area contributed by atoms with Gasteiger partial charge in [0.1, 0.15) is 5.82 Å². The number of nitrogens with zero attached hydrogens (tertiary/aromatic N) is 4. The molecule has 1 aliphatic rings. The highest BCUT2D eigenvalue weighted by Gasteiger charge is 2.25. The van der Waals surface area contributed by atoms with Gasteiger partial charge in [-0.05, 0) is 31.2 Å². The van der Waals surface area contributed by atoms with Crippen LogP contribution in [0.3, 0.4) is 0 Å². The van der Waals surface area contributed by atoms with E-state index in [0.29, 0.717) is 5.69 Å². The summed E-state index contributed by atoms with van der Waals surface area (Å²) in [6, 6.07) is 11.9. The van der Waals surface area contributed by atoms with E-state index in [4.69, 9.17) is 9.20 Å². The third-order valence-corrected chi connectivity index (χ3v) is 6.55. The van der Waals surface area contributed by atoms with Crippen molar-refractivity contribution in [1.29, 1.82) is 4.78 Å². The van der Waals surface area contributed by atoms with Crippen LogP contribution in [0.2, 0.25) is 0 Å². The topological polar surface area (TPSA) is 103 Å². The zero-order valence-electron chi connectivity index (χ0n) is 17.7. The van der Waals surface area contributed by atoms with E-state index in [2.05, 4.69) is 10.2 Å². The Hall–Kier alpha value is -3.93. The van der Waals surface area contributed by atoms with Crippen LogP contribution < -0.4 is 4.90 Å². The van der Waals surface area contributed by atoms with E-state index in [0.717, 1.165) is 11.5 Å². The number of halogens is 3. The normalized spacial score (nSPS) is 17.7. The third kappa shape index (κ3) is 4.71. The first kappa shape index (κ1) is 23.2. The maximum absolute atomic E-state index is 15.0. The van der Waals surface area contributed by atoms with E-state index in [-0.39, 0.29) is 28.5 Å². The zero-order chi connectivity index (χ0) is 24.5. The van der Waals surface area contributed by atoms with E-state index in [1.165, 1.54) is 41.3 Å². The maximum atomic E-state index is 15.0. The second kappa shape index (κ2) is 9.14. The van der Waals surface area contributed by atoms with E-state index >= 15 is 0 Å². The first-order chi connectivity index (χ1) is 16.2. The zero-order valence-corrected chi connectivity index (χ0v) is 18.5. The molecule has 12 heteroatoms. The Balaban J connectivity index is 1.64. The van der Waals surface area contributed by atoms with Gasteiger partial charge in [0.15, 0.2) is 0 Å². The highest BCUT2D eigenvalue weighted by molar-refractivity contribution is 7.99. The Morgan fingerprint density at radius 1 is 1.21 bits per heavy atom. The number of aromatic nitrogens is 2. The van der Waals surface area contributed by atoms with Crippen LogP contribution in [0.5, 0.6) is 0 Å². The fourth-order valence-electron chi connectivity index (χ4n) is 3.13. The molecular formula is C22H18F3N5O3S. The van der Waals surface area contributed by atoms with Crippen LogP contribution in [0.25, 0.3) is 11.5 Å². The van der Waals surface area contributed by atoms with Gasteiger partial charge in [-0.15, -0.1) is 10.2 Å². The molecule has 1 N–H and O–H groups in total. The van der Waals surface area contributed by atoms with Crippen molar-refractivity contribution in [2.45, 2.75) is 19.9 Å². The molecule has 0 saturated carbocycles. The molecule has 2 amide bonds. The lowest BCUT2D eigenvalue weighted by atomic mass is 10.1. The van der Waals surface area contributed by atoms with Crippen molar-refractivity contribution >= 4 is 21.4 Å². The van der Waals surface area contributed by atoms with Crippen molar-refractivity contribution in [2.75, 3.05) is 4.90 Å². The summed E-state index contributed by atoms with van der Waals surface area (Å²) in [4.78, 5) is 16.0. The number of para-hydroxylation sites is 1. The first-order valence-corrected chi connectivity index (χ1v) is 11.5. The van der Waals surface area contributed by atoms with Crippen molar-refractivity contribution in [3.63, 3.8) is 0 Å². The third-order valence-electron chi connectivity index (χ3n) is 4.99. The van der Waals surface area contributed by atoms with Crippen molar-refractivity contribution in [1.82, 2.24) is 15.1 Å². The average molecular weight is 489 g/mol. The summed E-state index contributed by atoms with van der Waals surface area (Å²) in [6.07, 6.45) is -0.389. The molecule has 0 fully saturated rings. The number of carbonyl (C=O) groups excluding carboxylic acids is 1. The van der Waals surface area contributed by atoms with Gasteiger partial charge in [0.2, 0.25) is 5.89 Å². The lowest BCUT2D eigenvalue weighted by molar-refractivity contribution is 0.116. The SMILES string of the molecule is CC1=CN(C(=O)N(Cc2ccc(-c3nnc(C(F)F)o3)cc2F)c2ccccc2)C=CS1(=N)=O. The van der Waals surface area contributed by atoms with Crippen LogP contribution in [0.4, 0.5) is 23.7 Å². The summed E-state index contributed by atoms with van der Waals surface area (Å²) >= 11 is 0. The molecule has 1 aliphatic heterocycles. The molecule has 1 unspecified atom stereocenters. The number of urea groups is 1. The monoisotopic (exact) mass is 489 g/mol. The molecule has 0 radical (unpaired) electrons. The molecule has 1 aromatic heterocycles. The number of allylic oxidation sites excluding steroid dienone is 1. The maximum Gasteiger partial charge on any atom is 0.332 e. The van der Waals surface area contributed by atoms with Crippen LogP contribution in [0, 0.1) is 10.6 Å². The van der Waals surface area contributed by atoms with Gasteiger partial charge in [0, 0.05) is 39.5 Å². The van der Waals surface area contributed by atoms with E-state index in [1.54, 1.807) is 30.3 Å². The Bertz CT molecular complexity index is 1390. The van der Waals surface area contributed by atoms with Crippen molar-refractivity contribution in [3.05, 3.63) is 88.5 Å². The number of alkyl halides is 2. The summed E-state index contributed by atoms with van der Waals surface area (Å²) in [5.41, 5.74) is 0.729.